The molecule has 0 radical (unpaired) electrons. The van der Waals surface area contributed by atoms with Gasteiger partial charge < -0.3 is 0 Å². The van der Waals surface area contributed by atoms with E-state index in [9.17, 15) is 15.4 Å². The quantitative estimate of drug-likeness (QED) is 0.448. The maximum absolute atomic E-state index is 10.8. The van der Waals surface area contributed by atoms with Crippen molar-refractivity contribution in [1.29, 1.82) is 5.26 Å². The number of allylic oxidation sites excluding steroid dienone is 8. The molecule has 3 rings (SSSR count). The number of nitro groups is 1. The fraction of sp³-hybridized carbons (Fsp3) is 0. The first-order chi connectivity index (χ1) is 12.2. The van der Waals surface area contributed by atoms with Crippen LogP contribution in [0.3, 0.4) is 0 Å². The molecule has 0 N–H and O–H groups in total. The van der Waals surface area contributed by atoms with E-state index in [1.165, 1.54) is 12.1 Å². The summed E-state index contributed by atoms with van der Waals surface area (Å²) in [5.74, 6) is 0. The zero-order valence-electron chi connectivity index (χ0n) is 13.3. The summed E-state index contributed by atoms with van der Waals surface area (Å²) >= 11 is 0. The monoisotopic (exact) mass is 326 g/mol. The molecule has 25 heavy (non-hydrogen) atoms. The van der Waals surface area contributed by atoms with Crippen molar-refractivity contribution in [2.75, 3.05) is 0 Å². The van der Waals surface area contributed by atoms with Gasteiger partial charge in [0.1, 0.15) is 6.07 Å². The molecule has 4 nitrogen and oxygen atoms in total. The van der Waals surface area contributed by atoms with Gasteiger partial charge in [-0.1, -0.05) is 54.6 Å². The summed E-state index contributed by atoms with van der Waals surface area (Å²) < 4.78 is 0. The van der Waals surface area contributed by atoms with Crippen LogP contribution in [0.4, 0.5) is 5.69 Å². The summed E-state index contributed by atoms with van der Waals surface area (Å²) in [6.07, 6.45) is 9.62. The average Bonchev–Trinajstić information content (AvgIpc) is 2.90. The Labute approximate surface area is 145 Å². The summed E-state index contributed by atoms with van der Waals surface area (Å²) in [6.45, 7) is 0. The predicted octanol–water partition coefficient (Wildman–Crippen LogP) is 5.08. The second kappa shape index (κ2) is 7.24. The molecule has 120 valence electrons. The Kier molecular flexibility index (Phi) is 4.68. The van der Waals surface area contributed by atoms with Crippen LogP contribution >= 0.6 is 0 Å². The highest BCUT2D eigenvalue weighted by molar-refractivity contribution is 5.88. The van der Waals surface area contributed by atoms with Crippen LogP contribution in [0.15, 0.2) is 90.6 Å². The molecule has 2 aromatic carbocycles. The van der Waals surface area contributed by atoms with Gasteiger partial charge in [0.25, 0.3) is 5.69 Å². The number of benzene rings is 2. The maximum Gasteiger partial charge on any atom is 0.269 e. The van der Waals surface area contributed by atoms with Gasteiger partial charge in [-0.3, -0.25) is 10.1 Å². The van der Waals surface area contributed by atoms with Crippen LogP contribution in [0.5, 0.6) is 0 Å². The molecule has 0 unspecified atom stereocenters. The van der Waals surface area contributed by atoms with E-state index < -0.39 is 4.92 Å². The van der Waals surface area contributed by atoms with E-state index in [0.29, 0.717) is 11.1 Å². The largest absolute Gasteiger partial charge is 0.269 e. The molecule has 0 bridgehead atoms. The molecule has 0 amide bonds. The molecule has 0 heterocycles. The van der Waals surface area contributed by atoms with Crippen molar-refractivity contribution in [3.63, 3.8) is 0 Å². The van der Waals surface area contributed by atoms with Gasteiger partial charge in [-0.15, -0.1) is 0 Å². The van der Waals surface area contributed by atoms with Crippen LogP contribution in [-0.4, -0.2) is 4.92 Å². The first-order valence-electron chi connectivity index (χ1n) is 7.70. The molecule has 1 aliphatic rings. The van der Waals surface area contributed by atoms with Gasteiger partial charge in [-0.05, 0) is 40.5 Å². The minimum absolute atomic E-state index is 0.00429. The Bertz CT molecular complexity index is 957. The molecule has 0 spiro atoms. The lowest BCUT2D eigenvalue weighted by Gasteiger charge is -2.06. The van der Waals surface area contributed by atoms with E-state index in [0.717, 1.165) is 16.7 Å². The van der Waals surface area contributed by atoms with Gasteiger partial charge in [0, 0.05) is 12.1 Å². The molecule has 0 atom stereocenters. The van der Waals surface area contributed by atoms with Gasteiger partial charge in [0.05, 0.1) is 10.5 Å². The Morgan fingerprint density at radius 2 is 1.64 bits per heavy atom. The van der Waals surface area contributed by atoms with E-state index >= 15 is 0 Å². The van der Waals surface area contributed by atoms with Crippen molar-refractivity contribution in [3.05, 3.63) is 112 Å². The van der Waals surface area contributed by atoms with Gasteiger partial charge in [-0.2, -0.15) is 5.26 Å². The highest BCUT2D eigenvalue weighted by Crippen LogP contribution is 2.27. The van der Waals surface area contributed by atoms with Gasteiger partial charge >= 0.3 is 0 Å². The molecule has 0 aromatic heterocycles. The predicted molar refractivity (Wildman–Crippen MR) is 98.3 cm³/mol. The lowest BCUT2D eigenvalue weighted by molar-refractivity contribution is -0.384. The van der Waals surface area contributed by atoms with Crippen molar-refractivity contribution in [2.24, 2.45) is 0 Å². The third-order valence-corrected chi connectivity index (χ3v) is 3.85. The third-order valence-electron chi connectivity index (χ3n) is 3.85. The summed E-state index contributed by atoms with van der Waals surface area (Å²) in [5.41, 5.74) is 3.95. The van der Waals surface area contributed by atoms with Crippen LogP contribution in [0.1, 0.15) is 11.1 Å². The van der Waals surface area contributed by atoms with Crippen LogP contribution in [0, 0.1) is 21.4 Å². The van der Waals surface area contributed by atoms with Gasteiger partial charge in [0.15, 0.2) is 0 Å². The van der Waals surface area contributed by atoms with Crippen molar-refractivity contribution in [1.82, 2.24) is 0 Å². The normalized spacial score (nSPS) is 15.1. The van der Waals surface area contributed by atoms with E-state index in [1.807, 2.05) is 60.7 Å². The molecule has 1 aliphatic carbocycles. The minimum Gasteiger partial charge on any atom is -0.258 e. The number of nitrogens with zero attached hydrogens (tertiary/aromatic N) is 2. The lowest BCUT2D eigenvalue weighted by atomic mass is 9.97. The van der Waals surface area contributed by atoms with E-state index in [2.05, 4.69) is 6.07 Å². The van der Waals surface area contributed by atoms with Crippen molar-refractivity contribution in [2.45, 2.75) is 0 Å². The molecule has 0 fully saturated rings. The lowest BCUT2D eigenvalue weighted by Crippen LogP contribution is -1.90. The fourth-order valence-electron chi connectivity index (χ4n) is 2.59. The van der Waals surface area contributed by atoms with Crippen molar-refractivity contribution < 1.29 is 4.92 Å². The van der Waals surface area contributed by atoms with E-state index in [1.54, 1.807) is 12.1 Å². The standard InChI is InChI=1S/C21H14N2O2/c22-15-21(17-10-12-20(13-11-17)23(24)25)19-9-5-4-8-18(14-19)16-6-2-1-3-7-16/h1-14H/b21-19-. The number of non-ortho nitro benzene ring substituents is 1. The van der Waals surface area contributed by atoms with Crippen LogP contribution in [-0.2, 0) is 0 Å². The van der Waals surface area contributed by atoms with E-state index in [4.69, 9.17) is 0 Å². The van der Waals surface area contributed by atoms with Crippen LogP contribution in [0.25, 0.3) is 11.1 Å². The number of hydrogen-bond donors (Lipinski definition) is 0. The minimum atomic E-state index is -0.453. The zero-order valence-corrected chi connectivity index (χ0v) is 13.3. The molecule has 0 saturated carbocycles. The highest BCUT2D eigenvalue weighted by Gasteiger charge is 2.11. The summed E-state index contributed by atoms with van der Waals surface area (Å²) in [7, 11) is 0. The first kappa shape index (κ1) is 16.2. The number of nitriles is 1. The Hall–Kier alpha value is -3.71. The van der Waals surface area contributed by atoms with Crippen molar-refractivity contribution in [3.8, 4) is 6.07 Å². The summed E-state index contributed by atoms with van der Waals surface area (Å²) in [6, 6.07) is 18.2. The zero-order chi connectivity index (χ0) is 17.6. The second-order valence-corrected chi connectivity index (χ2v) is 5.43. The fourth-order valence-corrected chi connectivity index (χ4v) is 2.59. The van der Waals surface area contributed by atoms with Gasteiger partial charge in [-0.25, -0.2) is 0 Å². The van der Waals surface area contributed by atoms with Crippen LogP contribution in [0.2, 0.25) is 0 Å². The maximum atomic E-state index is 10.8. The molecule has 0 saturated heterocycles. The Morgan fingerprint density at radius 3 is 2.28 bits per heavy atom. The average molecular weight is 326 g/mol. The summed E-state index contributed by atoms with van der Waals surface area (Å²) in [4.78, 5) is 10.3. The molecular weight excluding hydrogens is 312 g/mol. The number of nitro benzene ring substituents is 1. The first-order valence-corrected chi connectivity index (χ1v) is 7.70. The SMILES string of the molecule is N#C/C(=C1\C=CC=CC(c2ccccc2)=C1)c1ccc([N+](=O)[O-])cc1. The second-order valence-electron chi connectivity index (χ2n) is 5.43. The Balaban J connectivity index is 2.08. The molecule has 2 aromatic rings. The van der Waals surface area contributed by atoms with Gasteiger partial charge in [0.2, 0.25) is 0 Å². The third kappa shape index (κ3) is 3.62. The topological polar surface area (TPSA) is 66.9 Å². The van der Waals surface area contributed by atoms with E-state index in [-0.39, 0.29) is 5.69 Å². The molecular formula is C21H14N2O2. The molecule has 4 heteroatoms. The Morgan fingerprint density at radius 1 is 0.960 bits per heavy atom. The summed E-state index contributed by atoms with van der Waals surface area (Å²) in [5, 5.41) is 20.4. The van der Waals surface area contributed by atoms with Crippen molar-refractivity contribution >= 4 is 16.8 Å². The number of rotatable bonds is 3. The highest BCUT2D eigenvalue weighted by atomic mass is 16.6. The number of hydrogen-bond acceptors (Lipinski definition) is 3. The molecule has 0 aliphatic heterocycles. The smallest absolute Gasteiger partial charge is 0.258 e. The van der Waals surface area contributed by atoms with Crippen LogP contribution < -0.4 is 0 Å².